The summed E-state index contributed by atoms with van der Waals surface area (Å²) in [4.78, 5) is 17.7. The van der Waals surface area contributed by atoms with Crippen molar-refractivity contribution >= 4 is 36.8 Å². The van der Waals surface area contributed by atoms with Crippen molar-refractivity contribution in [3.05, 3.63) is 11.6 Å². The number of hydrogen-bond donors (Lipinski definition) is 2. The van der Waals surface area contributed by atoms with Crippen LogP contribution in [-0.4, -0.2) is 22.7 Å². The van der Waals surface area contributed by atoms with Crippen molar-refractivity contribution in [1.29, 1.82) is 0 Å². The first-order valence-corrected chi connectivity index (χ1v) is 11.5. The summed E-state index contributed by atoms with van der Waals surface area (Å²) < 4.78 is -0.567. The van der Waals surface area contributed by atoms with Gasteiger partial charge in [0.25, 0.3) is 0 Å². The Balaban J connectivity index is 1.77. The lowest BCUT2D eigenvalue weighted by molar-refractivity contribution is -0.132. The van der Waals surface area contributed by atoms with Crippen molar-refractivity contribution in [2.24, 2.45) is 33.7 Å². The quantitative estimate of drug-likeness (QED) is 0.370. The molecular formula is C22H33NO2S2. The van der Waals surface area contributed by atoms with Crippen LogP contribution < -0.4 is 0 Å². The van der Waals surface area contributed by atoms with Gasteiger partial charge in [0.2, 0.25) is 0 Å². The van der Waals surface area contributed by atoms with E-state index < -0.39 is 4.08 Å². The van der Waals surface area contributed by atoms with Gasteiger partial charge in [-0.05, 0) is 74.2 Å². The van der Waals surface area contributed by atoms with Crippen molar-refractivity contribution in [3.8, 4) is 0 Å². The number of hydrogen-bond acceptors (Lipinski definition) is 5. The van der Waals surface area contributed by atoms with E-state index in [1.54, 1.807) is 7.11 Å². The van der Waals surface area contributed by atoms with E-state index in [4.69, 9.17) is 30.1 Å². The molecule has 3 nitrogen and oxygen atoms in total. The lowest BCUT2D eigenvalue weighted by Gasteiger charge is -2.59. The van der Waals surface area contributed by atoms with Crippen molar-refractivity contribution < 1.29 is 9.63 Å². The van der Waals surface area contributed by atoms with Crippen molar-refractivity contribution in [2.45, 2.75) is 75.7 Å². The average Bonchev–Trinajstić information content (AvgIpc) is 2.91. The molecule has 0 spiro atoms. The highest BCUT2D eigenvalue weighted by molar-refractivity contribution is 8.02. The number of oxime groups is 1. The number of carbonyl (C=O) groups is 1. The first-order chi connectivity index (χ1) is 12.8. The molecule has 0 saturated heterocycles. The Morgan fingerprint density at radius 1 is 1.22 bits per heavy atom. The first kappa shape index (κ1) is 19.9. The number of ketones is 1. The minimum Gasteiger partial charge on any atom is -0.399 e. The largest absolute Gasteiger partial charge is 0.399 e. The average molecular weight is 408 g/mol. The van der Waals surface area contributed by atoms with Gasteiger partial charge < -0.3 is 4.84 Å². The molecule has 0 aromatic rings. The molecule has 0 radical (unpaired) electrons. The van der Waals surface area contributed by atoms with Gasteiger partial charge in [-0.15, -0.1) is 0 Å². The molecule has 5 heteroatoms. The molecule has 27 heavy (non-hydrogen) atoms. The fraction of sp³-hybridized carbons (Fsp3) is 0.818. The topological polar surface area (TPSA) is 38.7 Å². The molecule has 0 unspecified atom stereocenters. The SMILES string of the molecule is CCC[C@]12CC(S)(S)/C(=N/OC)C=C1CC[C@@H]1[C@@H]2CC[C@]2(C)C(=O)CC[C@@H]12. The zero-order valence-corrected chi connectivity index (χ0v) is 18.6. The van der Waals surface area contributed by atoms with Crippen LogP contribution >= 0.6 is 25.3 Å². The Morgan fingerprint density at radius 2 is 2.00 bits per heavy atom. The van der Waals surface area contributed by atoms with E-state index in [0.29, 0.717) is 23.5 Å². The Labute approximate surface area is 174 Å². The van der Waals surface area contributed by atoms with Crippen LogP contribution in [0.2, 0.25) is 0 Å². The Hall–Kier alpha value is -0.420. The third-order valence-corrected chi connectivity index (χ3v) is 9.19. The van der Waals surface area contributed by atoms with Gasteiger partial charge in [0, 0.05) is 11.8 Å². The third-order valence-electron chi connectivity index (χ3n) is 8.41. The molecule has 4 aliphatic rings. The predicted octanol–water partition coefficient (Wildman–Crippen LogP) is 5.47. The first-order valence-electron chi connectivity index (χ1n) is 10.6. The van der Waals surface area contributed by atoms with Gasteiger partial charge in [0.15, 0.2) is 0 Å². The van der Waals surface area contributed by atoms with Crippen LogP contribution in [0.15, 0.2) is 16.8 Å². The lowest BCUT2D eigenvalue weighted by Crippen LogP contribution is -2.54. The zero-order chi connectivity index (χ0) is 19.4. The lowest BCUT2D eigenvalue weighted by atomic mass is 9.46. The highest BCUT2D eigenvalue weighted by Gasteiger charge is 2.61. The molecule has 0 bridgehead atoms. The van der Waals surface area contributed by atoms with Crippen LogP contribution in [0.3, 0.4) is 0 Å². The fourth-order valence-corrected chi connectivity index (χ4v) is 8.08. The Kier molecular flexibility index (Phi) is 5.03. The Bertz CT molecular complexity index is 700. The van der Waals surface area contributed by atoms with Gasteiger partial charge in [0.1, 0.15) is 22.7 Å². The molecule has 3 fully saturated rings. The number of thiol groups is 2. The maximum Gasteiger partial charge on any atom is 0.139 e. The van der Waals surface area contributed by atoms with Crippen LogP contribution in [0.1, 0.15) is 71.6 Å². The number of rotatable bonds is 3. The monoisotopic (exact) mass is 407 g/mol. The van der Waals surface area contributed by atoms with E-state index in [2.05, 4.69) is 25.1 Å². The maximum absolute atomic E-state index is 12.6. The van der Waals surface area contributed by atoms with E-state index in [1.807, 2.05) is 0 Å². The van der Waals surface area contributed by atoms with Gasteiger partial charge >= 0.3 is 0 Å². The number of fused-ring (bicyclic) bond motifs is 5. The second-order valence-electron chi connectivity index (χ2n) is 9.56. The van der Waals surface area contributed by atoms with Gasteiger partial charge in [-0.2, -0.15) is 25.3 Å². The summed E-state index contributed by atoms with van der Waals surface area (Å²) in [7, 11) is 1.59. The molecule has 0 aliphatic heterocycles. The molecule has 0 aromatic heterocycles. The van der Waals surface area contributed by atoms with Crippen molar-refractivity contribution in [1.82, 2.24) is 0 Å². The van der Waals surface area contributed by atoms with Crippen LogP contribution in [0, 0.1) is 28.6 Å². The highest BCUT2D eigenvalue weighted by Crippen LogP contribution is 2.67. The number of allylic oxidation sites excluding steroid dienone is 2. The standard InChI is InChI=1S/C22H33NO2S2/c1-4-10-21-13-22(26,27)18(23-25-3)12-14(21)5-6-15-16-7-8-19(24)20(16,2)11-9-17(15)21/h12,15-17,26-27H,4-11,13H2,1-3H3/b23-18+/t15-,16-,17-,20-,21-/m0/s1. The molecule has 0 amide bonds. The van der Waals surface area contributed by atoms with E-state index in [0.717, 1.165) is 50.7 Å². The summed E-state index contributed by atoms with van der Waals surface area (Å²) in [5, 5.41) is 4.24. The number of nitrogens with zero attached hydrogens (tertiary/aromatic N) is 1. The van der Waals surface area contributed by atoms with Crippen LogP contribution in [0.4, 0.5) is 0 Å². The predicted molar refractivity (Wildman–Crippen MR) is 116 cm³/mol. The molecular weight excluding hydrogens is 374 g/mol. The van der Waals surface area contributed by atoms with Gasteiger partial charge in [-0.1, -0.05) is 31.0 Å². The normalized spacial score (nSPS) is 44.3. The van der Waals surface area contributed by atoms with Crippen LogP contribution in [0.5, 0.6) is 0 Å². The molecule has 5 atom stereocenters. The zero-order valence-electron chi connectivity index (χ0n) is 16.8. The maximum atomic E-state index is 12.6. The van der Waals surface area contributed by atoms with Gasteiger partial charge in [-0.25, -0.2) is 0 Å². The summed E-state index contributed by atoms with van der Waals surface area (Å²) in [5.41, 5.74) is 2.47. The van der Waals surface area contributed by atoms with Crippen molar-refractivity contribution in [3.63, 3.8) is 0 Å². The molecule has 150 valence electrons. The van der Waals surface area contributed by atoms with E-state index in [9.17, 15) is 4.79 Å². The van der Waals surface area contributed by atoms with E-state index in [-0.39, 0.29) is 10.8 Å². The summed E-state index contributed by atoms with van der Waals surface area (Å²) >= 11 is 9.86. The number of carbonyl (C=O) groups excluding carboxylic acids is 1. The fourth-order valence-electron chi connectivity index (χ4n) is 7.31. The molecule has 0 N–H and O–H groups in total. The number of Topliss-reactive ketones (excluding diaryl/α,β-unsaturated/α-hetero) is 1. The summed E-state index contributed by atoms with van der Waals surface area (Å²) in [5.74, 6) is 2.40. The minimum absolute atomic E-state index is 0.0634. The van der Waals surface area contributed by atoms with Crippen LogP contribution in [0.25, 0.3) is 0 Å². The third kappa shape index (κ3) is 2.86. The van der Waals surface area contributed by atoms with E-state index >= 15 is 0 Å². The molecule has 0 heterocycles. The summed E-state index contributed by atoms with van der Waals surface area (Å²) in [6.07, 6.45) is 11.9. The smallest absolute Gasteiger partial charge is 0.139 e. The molecule has 4 aliphatic carbocycles. The van der Waals surface area contributed by atoms with Crippen molar-refractivity contribution in [2.75, 3.05) is 7.11 Å². The summed E-state index contributed by atoms with van der Waals surface area (Å²) in [6.45, 7) is 4.55. The minimum atomic E-state index is -0.567. The van der Waals surface area contributed by atoms with Crippen LogP contribution in [-0.2, 0) is 9.63 Å². The highest BCUT2D eigenvalue weighted by atomic mass is 32.2. The summed E-state index contributed by atoms with van der Waals surface area (Å²) in [6, 6.07) is 0. The van der Waals surface area contributed by atoms with Gasteiger partial charge in [-0.3, -0.25) is 4.79 Å². The second-order valence-corrected chi connectivity index (χ2v) is 11.4. The molecule has 4 rings (SSSR count). The Morgan fingerprint density at radius 3 is 2.70 bits per heavy atom. The molecule has 3 saturated carbocycles. The molecule has 0 aromatic carbocycles. The van der Waals surface area contributed by atoms with E-state index in [1.165, 1.54) is 18.4 Å². The second kappa shape index (κ2) is 6.83. The van der Waals surface area contributed by atoms with Gasteiger partial charge in [0.05, 0.1) is 0 Å².